The number of nitro benzene ring substituents is 1. The summed E-state index contributed by atoms with van der Waals surface area (Å²) in [6, 6.07) is 5.61. The van der Waals surface area contributed by atoms with E-state index in [1.807, 2.05) is 0 Å². The maximum absolute atomic E-state index is 12.9. The van der Waals surface area contributed by atoms with Crippen molar-refractivity contribution in [1.29, 1.82) is 0 Å². The molecule has 0 saturated carbocycles. The van der Waals surface area contributed by atoms with E-state index >= 15 is 0 Å². The Morgan fingerprint density at radius 2 is 1.53 bits per heavy atom. The fourth-order valence-corrected chi connectivity index (χ4v) is 4.66. The molecule has 0 bridgehead atoms. The zero-order valence-electron chi connectivity index (χ0n) is 17.4. The van der Waals surface area contributed by atoms with Crippen LogP contribution in [0.5, 0.6) is 0 Å². The van der Waals surface area contributed by atoms with Crippen molar-refractivity contribution in [2.75, 3.05) is 38.5 Å². The standard InChI is InChI=1S/C20H20Br2N2O8/c1-30-15(25)10-23-13(8-21)17(19(26)31-2)16(18(14(23)9-22)20(27)32-3)11-5-4-6-12(7-11)24(28)29/h4-7,16H,8-10H2,1-3H3. The first-order valence-electron chi connectivity index (χ1n) is 9.08. The van der Waals surface area contributed by atoms with Crippen molar-refractivity contribution in [3.63, 3.8) is 0 Å². The topological polar surface area (TPSA) is 125 Å². The van der Waals surface area contributed by atoms with Crippen molar-refractivity contribution < 1.29 is 33.5 Å². The molecule has 1 aliphatic heterocycles. The molecule has 1 heterocycles. The summed E-state index contributed by atoms with van der Waals surface area (Å²) >= 11 is 6.70. The van der Waals surface area contributed by atoms with Crippen LogP contribution in [0.25, 0.3) is 0 Å². The minimum atomic E-state index is -1.04. The number of hydrogen-bond acceptors (Lipinski definition) is 9. The van der Waals surface area contributed by atoms with Gasteiger partial charge in [-0.05, 0) is 5.56 Å². The summed E-state index contributed by atoms with van der Waals surface area (Å²) in [5.41, 5.74) is 0.878. The second-order valence-electron chi connectivity index (χ2n) is 6.42. The van der Waals surface area contributed by atoms with Gasteiger partial charge in [0.1, 0.15) is 6.54 Å². The van der Waals surface area contributed by atoms with Gasteiger partial charge >= 0.3 is 17.9 Å². The Morgan fingerprint density at radius 1 is 1.00 bits per heavy atom. The van der Waals surface area contributed by atoms with Gasteiger partial charge in [0, 0.05) is 34.2 Å². The first-order chi connectivity index (χ1) is 15.2. The Hall–Kier alpha value is -2.73. The highest BCUT2D eigenvalue weighted by Crippen LogP contribution is 2.44. The number of rotatable bonds is 8. The van der Waals surface area contributed by atoms with Gasteiger partial charge in [0.25, 0.3) is 5.69 Å². The molecule has 172 valence electrons. The number of halogens is 2. The monoisotopic (exact) mass is 574 g/mol. The molecule has 0 spiro atoms. The van der Waals surface area contributed by atoms with Crippen LogP contribution in [0, 0.1) is 10.1 Å². The minimum absolute atomic E-state index is 0.0406. The number of allylic oxidation sites excluding steroid dienone is 2. The highest BCUT2D eigenvalue weighted by Gasteiger charge is 2.43. The molecule has 10 nitrogen and oxygen atoms in total. The van der Waals surface area contributed by atoms with Crippen LogP contribution in [-0.4, -0.2) is 66.3 Å². The molecule has 0 amide bonds. The van der Waals surface area contributed by atoms with Crippen LogP contribution in [-0.2, 0) is 28.6 Å². The minimum Gasteiger partial charge on any atom is -0.468 e. The number of carbonyl (C=O) groups is 3. The molecule has 2 rings (SSSR count). The van der Waals surface area contributed by atoms with E-state index in [1.165, 1.54) is 44.4 Å². The van der Waals surface area contributed by atoms with Crippen molar-refractivity contribution in [3.8, 4) is 0 Å². The summed E-state index contributed by atoms with van der Waals surface area (Å²) < 4.78 is 14.7. The van der Waals surface area contributed by atoms with E-state index in [1.54, 1.807) is 6.07 Å². The van der Waals surface area contributed by atoms with E-state index < -0.39 is 28.7 Å². The molecule has 0 aliphatic carbocycles. The van der Waals surface area contributed by atoms with E-state index in [0.29, 0.717) is 17.0 Å². The molecule has 0 aromatic heterocycles. The molecule has 1 aromatic carbocycles. The summed E-state index contributed by atoms with van der Waals surface area (Å²) in [5, 5.41) is 11.6. The maximum atomic E-state index is 12.9. The SMILES string of the molecule is COC(=O)CN1C(CBr)=C(C(=O)OC)C(c2cccc([N+](=O)[O-])c2)C(C(=O)OC)=C1CBr. The second kappa shape index (κ2) is 11.2. The van der Waals surface area contributed by atoms with Crippen molar-refractivity contribution in [2.24, 2.45) is 0 Å². The smallest absolute Gasteiger partial charge is 0.336 e. The van der Waals surface area contributed by atoms with Gasteiger partial charge in [-0.2, -0.15) is 0 Å². The predicted octanol–water partition coefficient (Wildman–Crippen LogP) is 2.81. The number of hydrogen-bond donors (Lipinski definition) is 0. The van der Waals surface area contributed by atoms with Gasteiger partial charge in [-0.25, -0.2) is 9.59 Å². The zero-order chi connectivity index (χ0) is 24.0. The Bertz CT molecular complexity index is 963. The fraction of sp³-hybridized carbons (Fsp3) is 0.350. The van der Waals surface area contributed by atoms with Crippen molar-refractivity contribution >= 4 is 55.5 Å². The van der Waals surface area contributed by atoms with E-state index in [-0.39, 0.29) is 34.0 Å². The van der Waals surface area contributed by atoms with E-state index in [9.17, 15) is 24.5 Å². The van der Waals surface area contributed by atoms with E-state index in [2.05, 4.69) is 31.9 Å². The maximum Gasteiger partial charge on any atom is 0.336 e. The molecule has 0 atom stereocenters. The average Bonchev–Trinajstić information content (AvgIpc) is 2.81. The Labute approximate surface area is 200 Å². The lowest BCUT2D eigenvalue weighted by molar-refractivity contribution is -0.384. The van der Waals surface area contributed by atoms with Gasteiger partial charge in [0.2, 0.25) is 0 Å². The highest BCUT2D eigenvalue weighted by molar-refractivity contribution is 9.09. The summed E-state index contributed by atoms with van der Waals surface area (Å²) in [7, 11) is 3.57. The number of esters is 3. The Morgan fingerprint density at radius 3 is 1.94 bits per heavy atom. The predicted molar refractivity (Wildman–Crippen MR) is 120 cm³/mol. The quantitative estimate of drug-likeness (QED) is 0.151. The van der Waals surface area contributed by atoms with Gasteiger partial charge in [-0.1, -0.05) is 44.0 Å². The van der Waals surface area contributed by atoms with Crippen LogP contribution in [0.15, 0.2) is 46.8 Å². The van der Waals surface area contributed by atoms with E-state index in [0.717, 1.165) is 0 Å². The lowest BCUT2D eigenvalue weighted by atomic mass is 9.79. The zero-order valence-corrected chi connectivity index (χ0v) is 20.6. The number of alkyl halides is 2. The van der Waals surface area contributed by atoms with Gasteiger partial charge in [-0.15, -0.1) is 0 Å². The summed E-state index contributed by atoms with van der Waals surface area (Å²) in [6.07, 6.45) is 0. The van der Waals surface area contributed by atoms with Crippen LogP contribution in [0.3, 0.4) is 0 Å². The number of methoxy groups -OCH3 is 3. The summed E-state index contributed by atoms with van der Waals surface area (Å²) in [4.78, 5) is 50.2. The van der Waals surface area contributed by atoms with Crippen molar-refractivity contribution in [3.05, 3.63) is 62.5 Å². The first kappa shape index (κ1) is 25.5. The van der Waals surface area contributed by atoms with Gasteiger partial charge in [-0.3, -0.25) is 14.9 Å². The van der Waals surface area contributed by atoms with Gasteiger partial charge in [0.05, 0.1) is 43.3 Å². The van der Waals surface area contributed by atoms with Crippen LogP contribution in [0.1, 0.15) is 11.5 Å². The third kappa shape index (κ3) is 5.01. The number of non-ortho nitro benzene ring substituents is 1. The molecule has 0 fully saturated rings. The molecule has 0 saturated heterocycles. The number of nitro groups is 1. The molecular formula is C20H20Br2N2O8. The Balaban J connectivity index is 2.93. The molecule has 1 aliphatic rings. The van der Waals surface area contributed by atoms with Gasteiger partial charge in [0.15, 0.2) is 0 Å². The van der Waals surface area contributed by atoms with E-state index in [4.69, 9.17) is 14.2 Å². The third-order valence-corrected chi connectivity index (χ3v) is 5.91. The van der Waals surface area contributed by atoms with Gasteiger partial charge < -0.3 is 19.1 Å². The summed E-state index contributed by atoms with van der Waals surface area (Å²) in [5.74, 6) is -3.17. The van der Waals surface area contributed by atoms with Crippen molar-refractivity contribution in [1.82, 2.24) is 4.90 Å². The highest BCUT2D eigenvalue weighted by atomic mass is 79.9. The molecular weight excluding hydrogens is 556 g/mol. The Kier molecular flexibility index (Phi) is 8.96. The average molecular weight is 576 g/mol. The van der Waals surface area contributed by atoms with Crippen LogP contribution < -0.4 is 0 Å². The molecule has 1 aromatic rings. The molecule has 12 heteroatoms. The third-order valence-electron chi connectivity index (χ3n) is 4.84. The largest absolute Gasteiger partial charge is 0.468 e. The number of carbonyl (C=O) groups excluding carboxylic acids is 3. The first-order valence-corrected chi connectivity index (χ1v) is 11.3. The van der Waals surface area contributed by atoms with Crippen LogP contribution in [0.2, 0.25) is 0 Å². The number of benzene rings is 1. The van der Waals surface area contributed by atoms with Crippen LogP contribution >= 0.6 is 31.9 Å². The lowest BCUT2D eigenvalue weighted by Crippen LogP contribution is -2.40. The molecule has 0 radical (unpaired) electrons. The molecule has 32 heavy (non-hydrogen) atoms. The fourth-order valence-electron chi connectivity index (χ4n) is 3.45. The number of nitrogens with zero attached hydrogens (tertiary/aromatic N) is 2. The summed E-state index contributed by atoms with van der Waals surface area (Å²) in [6.45, 7) is -0.291. The second-order valence-corrected chi connectivity index (χ2v) is 7.54. The normalized spacial score (nSPS) is 14.3. The molecule has 0 N–H and O–H groups in total. The van der Waals surface area contributed by atoms with Crippen molar-refractivity contribution in [2.45, 2.75) is 5.92 Å². The number of ether oxygens (including phenoxy) is 3. The molecule has 0 unspecified atom stereocenters. The lowest BCUT2D eigenvalue weighted by Gasteiger charge is -2.38. The van der Waals surface area contributed by atoms with Crippen LogP contribution in [0.4, 0.5) is 5.69 Å².